The summed E-state index contributed by atoms with van der Waals surface area (Å²) in [6.07, 6.45) is 5.26. The largest absolute Gasteiger partial charge is 0.385 e. The Balaban J connectivity index is 1.51. The molecule has 5 nitrogen and oxygen atoms in total. The maximum absolute atomic E-state index is 14.4. The molecule has 3 rings (SSSR count). The van der Waals surface area contributed by atoms with E-state index in [1.807, 2.05) is 12.1 Å². The highest BCUT2D eigenvalue weighted by atomic mass is 32.2. The van der Waals surface area contributed by atoms with E-state index in [2.05, 4.69) is 15.0 Å². The van der Waals surface area contributed by atoms with Gasteiger partial charge in [0.2, 0.25) is 10.0 Å². The molecule has 1 aliphatic rings. The molecule has 1 saturated carbocycles. The zero-order chi connectivity index (χ0) is 19.3. The molecule has 2 N–H and O–H groups in total. The number of hydrogen-bond acceptors (Lipinski definition) is 4. The Morgan fingerprint density at radius 3 is 2.56 bits per heavy atom. The van der Waals surface area contributed by atoms with E-state index in [9.17, 15) is 12.8 Å². The standard InChI is InChI=1S/C20H26FN3O2S/c1-2-27(25,26)24-16-8-6-15(7-9-16)14-23-17-10-11-18(19(21)13-17)20-5-3-4-12-22-20/h3-5,10-13,15-16,23-24H,2,6-9,14H2,1H3. The van der Waals surface area contributed by atoms with Crippen LogP contribution in [0.25, 0.3) is 11.3 Å². The summed E-state index contributed by atoms with van der Waals surface area (Å²) in [7, 11) is -3.14. The molecule has 0 saturated heterocycles. The molecule has 7 heteroatoms. The predicted molar refractivity (Wildman–Crippen MR) is 106 cm³/mol. The van der Waals surface area contributed by atoms with Crippen molar-refractivity contribution in [1.29, 1.82) is 0 Å². The summed E-state index contributed by atoms with van der Waals surface area (Å²) in [6.45, 7) is 2.41. The van der Waals surface area contributed by atoms with Crippen molar-refractivity contribution in [3.63, 3.8) is 0 Å². The van der Waals surface area contributed by atoms with Crippen LogP contribution in [0.4, 0.5) is 10.1 Å². The van der Waals surface area contributed by atoms with E-state index in [1.54, 1.807) is 31.3 Å². The van der Waals surface area contributed by atoms with Gasteiger partial charge in [0, 0.05) is 30.0 Å². The first-order chi connectivity index (χ1) is 13.0. The molecule has 2 aromatic rings. The lowest BCUT2D eigenvalue weighted by Crippen LogP contribution is -2.39. The van der Waals surface area contributed by atoms with E-state index >= 15 is 0 Å². The van der Waals surface area contributed by atoms with Crippen LogP contribution in [0.2, 0.25) is 0 Å². The first-order valence-corrected chi connectivity index (χ1v) is 11.1. The third-order valence-electron chi connectivity index (χ3n) is 5.08. The van der Waals surface area contributed by atoms with Crippen LogP contribution >= 0.6 is 0 Å². The van der Waals surface area contributed by atoms with Crippen molar-refractivity contribution in [2.75, 3.05) is 17.6 Å². The van der Waals surface area contributed by atoms with Gasteiger partial charge in [0.1, 0.15) is 5.82 Å². The van der Waals surface area contributed by atoms with Crippen LogP contribution in [0.5, 0.6) is 0 Å². The Morgan fingerprint density at radius 1 is 1.15 bits per heavy atom. The highest BCUT2D eigenvalue weighted by Gasteiger charge is 2.24. The van der Waals surface area contributed by atoms with Crippen LogP contribution in [-0.4, -0.2) is 31.7 Å². The number of aromatic nitrogens is 1. The number of benzene rings is 1. The van der Waals surface area contributed by atoms with E-state index in [0.29, 0.717) is 17.2 Å². The zero-order valence-corrected chi connectivity index (χ0v) is 16.3. The molecule has 1 aliphatic carbocycles. The van der Waals surface area contributed by atoms with Gasteiger partial charge in [-0.2, -0.15) is 0 Å². The SMILES string of the molecule is CCS(=O)(=O)NC1CCC(CNc2ccc(-c3ccccn3)c(F)c2)CC1. The lowest BCUT2D eigenvalue weighted by atomic mass is 9.86. The fourth-order valence-electron chi connectivity index (χ4n) is 3.44. The third kappa shape index (κ3) is 5.49. The third-order valence-corrected chi connectivity index (χ3v) is 6.53. The highest BCUT2D eigenvalue weighted by molar-refractivity contribution is 7.89. The van der Waals surface area contributed by atoms with E-state index in [1.165, 1.54) is 6.07 Å². The van der Waals surface area contributed by atoms with Gasteiger partial charge in [-0.25, -0.2) is 17.5 Å². The van der Waals surface area contributed by atoms with E-state index in [-0.39, 0.29) is 17.6 Å². The number of sulfonamides is 1. The lowest BCUT2D eigenvalue weighted by Gasteiger charge is -2.29. The molecule has 1 heterocycles. The molecule has 1 aromatic heterocycles. The van der Waals surface area contributed by atoms with Crippen molar-refractivity contribution in [3.8, 4) is 11.3 Å². The second-order valence-electron chi connectivity index (χ2n) is 7.03. The fourth-order valence-corrected chi connectivity index (χ4v) is 4.35. The van der Waals surface area contributed by atoms with Gasteiger partial charge in [-0.3, -0.25) is 4.98 Å². The van der Waals surface area contributed by atoms with Crippen molar-refractivity contribution in [2.45, 2.75) is 38.6 Å². The normalized spacial score (nSPS) is 20.4. The van der Waals surface area contributed by atoms with Gasteiger partial charge < -0.3 is 5.32 Å². The summed E-state index contributed by atoms with van der Waals surface area (Å²) in [5.74, 6) is 0.288. The molecule has 0 unspecified atom stereocenters. The van der Waals surface area contributed by atoms with Crippen LogP contribution in [0.15, 0.2) is 42.6 Å². The van der Waals surface area contributed by atoms with Gasteiger partial charge >= 0.3 is 0 Å². The van der Waals surface area contributed by atoms with Gasteiger partial charge in [-0.05, 0) is 68.9 Å². The second-order valence-corrected chi connectivity index (χ2v) is 9.07. The molecule has 0 bridgehead atoms. The van der Waals surface area contributed by atoms with Crippen LogP contribution in [0, 0.1) is 11.7 Å². The number of rotatable bonds is 7. The number of anilines is 1. The lowest BCUT2D eigenvalue weighted by molar-refractivity contribution is 0.324. The minimum absolute atomic E-state index is 0.0429. The Labute approximate surface area is 160 Å². The van der Waals surface area contributed by atoms with Crippen LogP contribution in [0.3, 0.4) is 0 Å². The first kappa shape index (κ1) is 19.8. The van der Waals surface area contributed by atoms with Crippen molar-refractivity contribution < 1.29 is 12.8 Å². The number of halogens is 1. The van der Waals surface area contributed by atoms with Gasteiger partial charge in [0.25, 0.3) is 0 Å². The molecule has 0 atom stereocenters. The molecule has 0 amide bonds. The fraction of sp³-hybridized carbons (Fsp3) is 0.450. The molecule has 1 fully saturated rings. The molecular weight excluding hydrogens is 365 g/mol. The van der Waals surface area contributed by atoms with Crippen molar-refractivity contribution in [3.05, 3.63) is 48.4 Å². The molecule has 146 valence electrons. The summed E-state index contributed by atoms with van der Waals surface area (Å²) in [5, 5.41) is 3.31. The van der Waals surface area contributed by atoms with Crippen molar-refractivity contribution >= 4 is 15.7 Å². The quantitative estimate of drug-likeness (QED) is 0.753. The summed E-state index contributed by atoms with van der Waals surface area (Å²) in [4.78, 5) is 4.19. The van der Waals surface area contributed by atoms with E-state index in [4.69, 9.17) is 0 Å². The maximum atomic E-state index is 14.4. The summed E-state index contributed by atoms with van der Waals surface area (Å²) in [6, 6.07) is 10.6. The average molecular weight is 392 g/mol. The van der Waals surface area contributed by atoms with Crippen LogP contribution in [-0.2, 0) is 10.0 Å². The van der Waals surface area contributed by atoms with Gasteiger partial charge in [-0.1, -0.05) is 6.07 Å². The van der Waals surface area contributed by atoms with Crippen LogP contribution in [0.1, 0.15) is 32.6 Å². The first-order valence-electron chi connectivity index (χ1n) is 9.41. The molecule has 0 radical (unpaired) electrons. The molecule has 0 spiro atoms. The minimum atomic E-state index is -3.14. The Kier molecular flexibility index (Phi) is 6.44. The van der Waals surface area contributed by atoms with Crippen molar-refractivity contribution in [2.24, 2.45) is 5.92 Å². The average Bonchev–Trinajstić information content (AvgIpc) is 2.68. The Morgan fingerprint density at radius 2 is 1.93 bits per heavy atom. The molecule has 27 heavy (non-hydrogen) atoms. The van der Waals surface area contributed by atoms with Gasteiger partial charge in [0.05, 0.1) is 11.4 Å². The second kappa shape index (κ2) is 8.80. The zero-order valence-electron chi connectivity index (χ0n) is 15.5. The number of pyridine rings is 1. The number of nitrogens with one attached hydrogen (secondary N) is 2. The Hall–Kier alpha value is -1.99. The van der Waals surface area contributed by atoms with Crippen molar-refractivity contribution in [1.82, 2.24) is 9.71 Å². The van der Waals surface area contributed by atoms with Crippen LogP contribution < -0.4 is 10.0 Å². The highest BCUT2D eigenvalue weighted by Crippen LogP contribution is 2.27. The smallest absolute Gasteiger partial charge is 0.211 e. The maximum Gasteiger partial charge on any atom is 0.211 e. The topological polar surface area (TPSA) is 71.1 Å². The van der Waals surface area contributed by atoms with Gasteiger partial charge in [-0.15, -0.1) is 0 Å². The van der Waals surface area contributed by atoms with E-state index in [0.717, 1.165) is 37.9 Å². The summed E-state index contributed by atoms with van der Waals surface area (Å²) < 4.78 is 40.5. The van der Waals surface area contributed by atoms with E-state index < -0.39 is 10.0 Å². The molecular formula is C20H26FN3O2S. The van der Waals surface area contributed by atoms with Gasteiger partial charge in [0.15, 0.2) is 0 Å². The predicted octanol–water partition coefficient (Wildman–Crippen LogP) is 3.80. The number of nitrogens with zero attached hydrogens (tertiary/aromatic N) is 1. The monoisotopic (exact) mass is 391 g/mol. The molecule has 0 aliphatic heterocycles. The minimum Gasteiger partial charge on any atom is -0.385 e. The Bertz CT molecular complexity index is 851. The molecule has 1 aromatic carbocycles. The summed E-state index contributed by atoms with van der Waals surface area (Å²) >= 11 is 0. The summed E-state index contributed by atoms with van der Waals surface area (Å²) in [5.41, 5.74) is 1.86. The number of hydrogen-bond donors (Lipinski definition) is 2.